The van der Waals surface area contributed by atoms with Crippen molar-refractivity contribution in [1.29, 1.82) is 0 Å². The van der Waals surface area contributed by atoms with Crippen LogP contribution in [0.2, 0.25) is 0 Å². The second-order valence-corrected chi connectivity index (χ2v) is 4.63. The number of hydrogen-bond donors (Lipinski definition) is 0. The van der Waals surface area contributed by atoms with Crippen LogP contribution in [0.3, 0.4) is 0 Å². The van der Waals surface area contributed by atoms with Crippen LogP contribution in [-0.4, -0.2) is 12.6 Å². The summed E-state index contributed by atoms with van der Waals surface area (Å²) >= 11 is 0. The first kappa shape index (κ1) is 12.3. The Labute approximate surface area is 92.7 Å². The summed E-state index contributed by atoms with van der Waals surface area (Å²) < 4.78 is 5.24. The third-order valence-electron chi connectivity index (χ3n) is 3.93. The summed E-state index contributed by atoms with van der Waals surface area (Å²) in [5, 5.41) is 0. The first-order valence-electron chi connectivity index (χ1n) is 5.87. The minimum absolute atomic E-state index is 0.0256. The molecule has 2 heteroatoms. The third kappa shape index (κ3) is 1.95. The van der Waals surface area contributed by atoms with Gasteiger partial charge in [-0.25, -0.2) is 0 Å². The highest BCUT2D eigenvalue weighted by Crippen LogP contribution is 2.51. The Morgan fingerprint density at radius 1 is 1.47 bits per heavy atom. The van der Waals surface area contributed by atoms with Crippen molar-refractivity contribution in [1.82, 2.24) is 0 Å². The minimum atomic E-state index is -0.308. The van der Waals surface area contributed by atoms with Gasteiger partial charge in [0.2, 0.25) is 0 Å². The Morgan fingerprint density at radius 3 is 2.40 bits per heavy atom. The van der Waals surface area contributed by atoms with Gasteiger partial charge in [-0.3, -0.25) is 4.79 Å². The van der Waals surface area contributed by atoms with Gasteiger partial charge in [-0.2, -0.15) is 0 Å². The van der Waals surface area contributed by atoms with Gasteiger partial charge < -0.3 is 4.74 Å². The van der Waals surface area contributed by atoms with E-state index in [0.29, 0.717) is 18.4 Å². The van der Waals surface area contributed by atoms with Crippen molar-refractivity contribution in [3.63, 3.8) is 0 Å². The molecule has 0 aromatic carbocycles. The lowest BCUT2D eigenvalue weighted by molar-refractivity contribution is -0.160. The number of allylic oxidation sites excluding steroid dienone is 1. The van der Waals surface area contributed by atoms with Crippen molar-refractivity contribution in [2.45, 2.75) is 40.0 Å². The maximum absolute atomic E-state index is 12.1. The summed E-state index contributed by atoms with van der Waals surface area (Å²) in [6.07, 6.45) is 4.84. The van der Waals surface area contributed by atoms with Gasteiger partial charge in [-0.05, 0) is 38.0 Å². The number of carbonyl (C=O) groups excluding carboxylic acids is 1. The zero-order valence-corrected chi connectivity index (χ0v) is 10.1. The topological polar surface area (TPSA) is 26.3 Å². The lowest BCUT2D eigenvalue weighted by Crippen LogP contribution is -2.39. The summed E-state index contributed by atoms with van der Waals surface area (Å²) in [5.74, 6) is 0.788. The lowest BCUT2D eigenvalue weighted by atomic mass is 9.71. The fourth-order valence-corrected chi connectivity index (χ4v) is 2.89. The zero-order valence-electron chi connectivity index (χ0n) is 10.1. The molecule has 0 saturated heterocycles. The van der Waals surface area contributed by atoms with E-state index in [1.165, 1.54) is 0 Å². The van der Waals surface area contributed by atoms with Crippen LogP contribution in [-0.2, 0) is 9.53 Å². The first-order chi connectivity index (χ1) is 7.09. The number of carbonyl (C=O) groups is 1. The van der Waals surface area contributed by atoms with Gasteiger partial charge in [0, 0.05) is 0 Å². The van der Waals surface area contributed by atoms with Crippen molar-refractivity contribution in [2.75, 3.05) is 6.61 Å². The van der Waals surface area contributed by atoms with Gasteiger partial charge in [-0.15, -0.1) is 6.58 Å². The molecule has 0 unspecified atom stereocenters. The van der Waals surface area contributed by atoms with Crippen LogP contribution in [0.5, 0.6) is 0 Å². The monoisotopic (exact) mass is 210 g/mol. The molecule has 1 aliphatic carbocycles. The lowest BCUT2D eigenvalue weighted by Gasteiger charge is -2.34. The molecule has 0 aromatic heterocycles. The molecule has 1 aliphatic rings. The average Bonchev–Trinajstić information content (AvgIpc) is 2.47. The van der Waals surface area contributed by atoms with Crippen molar-refractivity contribution in [3.05, 3.63) is 12.7 Å². The molecule has 15 heavy (non-hydrogen) atoms. The SMILES string of the molecule is C=CCC1(C(=O)OCC)[C@@H](C)CC[C@@H]1C. The van der Waals surface area contributed by atoms with E-state index in [9.17, 15) is 4.79 Å². The number of hydrogen-bond acceptors (Lipinski definition) is 2. The molecule has 1 rings (SSSR count). The predicted octanol–water partition coefficient (Wildman–Crippen LogP) is 3.18. The van der Waals surface area contributed by atoms with Crippen LogP contribution in [0.4, 0.5) is 0 Å². The van der Waals surface area contributed by atoms with Crippen LogP contribution in [0.25, 0.3) is 0 Å². The summed E-state index contributed by atoms with van der Waals surface area (Å²) in [7, 11) is 0. The molecule has 1 saturated carbocycles. The van der Waals surface area contributed by atoms with Gasteiger partial charge in [0.15, 0.2) is 0 Å². The average molecular weight is 210 g/mol. The second-order valence-electron chi connectivity index (χ2n) is 4.63. The van der Waals surface area contributed by atoms with E-state index >= 15 is 0 Å². The molecular formula is C13H22O2. The van der Waals surface area contributed by atoms with E-state index in [4.69, 9.17) is 4.74 Å². The summed E-state index contributed by atoms with van der Waals surface area (Å²) in [5.41, 5.74) is -0.308. The molecule has 0 radical (unpaired) electrons. The smallest absolute Gasteiger partial charge is 0.312 e. The van der Waals surface area contributed by atoms with Crippen LogP contribution in [0.1, 0.15) is 40.0 Å². The highest BCUT2D eigenvalue weighted by atomic mass is 16.5. The molecular weight excluding hydrogens is 188 g/mol. The fraction of sp³-hybridized carbons (Fsp3) is 0.769. The summed E-state index contributed by atoms with van der Waals surface area (Å²) in [6, 6.07) is 0. The van der Waals surface area contributed by atoms with Crippen molar-refractivity contribution in [3.8, 4) is 0 Å². The number of esters is 1. The van der Waals surface area contributed by atoms with E-state index in [1.54, 1.807) is 0 Å². The maximum atomic E-state index is 12.1. The Balaban J connectivity index is 2.95. The van der Waals surface area contributed by atoms with Gasteiger partial charge in [0.25, 0.3) is 0 Å². The van der Waals surface area contributed by atoms with Gasteiger partial charge in [0.1, 0.15) is 0 Å². The van der Waals surface area contributed by atoms with E-state index < -0.39 is 0 Å². The zero-order chi connectivity index (χ0) is 11.5. The van der Waals surface area contributed by atoms with Gasteiger partial charge in [-0.1, -0.05) is 19.9 Å². The Morgan fingerprint density at radius 2 is 2.00 bits per heavy atom. The van der Waals surface area contributed by atoms with Gasteiger partial charge in [0.05, 0.1) is 12.0 Å². The van der Waals surface area contributed by atoms with Crippen LogP contribution in [0, 0.1) is 17.3 Å². The molecule has 1 fully saturated rings. The molecule has 2 atom stereocenters. The normalized spacial score (nSPS) is 28.7. The van der Waals surface area contributed by atoms with Gasteiger partial charge >= 0.3 is 5.97 Å². The van der Waals surface area contributed by atoms with Crippen molar-refractivity contribution in [2.24, 2.45) is 17.3 Å². The van der Waals surface area contributed by atoms with Crippen LogP contribution in [0.15, 0.2) is 12.7 Å². The van der Waals surface area contributed by atoms with E-state index in [1.807, 2.05) is 13.0 Å². The quantitative estimate of drug-likeness (QED) is 0.526. The number of ether oxygens (including phenoxy) is 1. The maximum Gasteiger partial charge on any atom is 0.312 e. The molecule has 0 N–H and O–H groups in total. The molecule has 2 nitrogen and oxygen atoms in total. The molecule has 0 bridgehead atoms. The van der Waals surface area contributed by atoms with Crippen LogP contribution < -0.4 is 0 Å². The molecule has 0 aliphatic heterocycles. The fourth-order valence-electron chi connectivity index (χ4n) is 2.89. The Kier molecular flexibility index (Phi) is 3.95. The van der Waals surface area contributed by atoms with Crippen LogP contribution >= 0.6 is 0 Å². The van der Waals surface area contributed by atoms with E-state index in [-0.39, 0.29) is 11.4 Å². The van der Waals surface area contributed by atoms with Crippen molar-refractivity contribution < 1.29 is 9.53 Å². The summed E-state index contributed by atoms with van der Waals surface area (Å²) in [4.78, 5) is 12.1. The second kappa shape index (κ2) is 4.82. The van der Waals surface area contributed by atoms with Crippen molar-refractivity contribution >= 4 is 5.97 Å². The minimum Gasteiger partial charge on any atom is -0.466 e. The molecule has 0 heterocycles. The van der Waals surface area contributed by atoms with E-state index in [2.05, 4.69) is 20.4 Å². The van der Waals surface area contributed by atoms with E-state index in [0.717, 1.165) is 19.3 Å². The largest absolute Gasteiger partial charge is 0.466 e. The number of rotatable bonds is 4. The summed E-state index contributed by atoms with van der Waals surface area (Å²) in [6.45, 7) is 10.4. The third-order valence-corrected chi connectivity index (χ3v) is 3.93. The highest BCUT2D eigenvalue weighted by Gasteiger charge is 2.51. The highest BCUT2D eigenvalue weighted by molar-refractivity contribution is 5.78. The standard InChI is InChI=1S/C13H22O2/c1-5-9-13(12(14)15-6-2)10(3)7-8-11(13)4/h5,10-11H,1,6-9H2,2-4H3/t10-,11-/m0/s1. The Bertz CT molecular complexity index is 235. The predicted molar refractivity (Wildman–Crippen MR) is 61.4 cm³/mol. The molecule has 0 amide bonds. The Hall–Kier alpha value is -0.790. The molecule has 0 aromatic rings. The molecule has 86 valence electrons. The first-order valence-corrected chi connectivity index (χ1v) is 5.87. The molecule has 0 spiro atoms.